The summed E-state index contributed by atoms with van der Waals surface area (Å²) in [5.41, 5.74) is 0.349. The lowest BCUT2D eigenvalue weighted by Gasteiger charge is -2.23. The highest BCUT2D eigenvalue weighted by atomic mass is 19.4. The van der Waals surface area contributed by atoms with Gasteiger partial charge in [-0.1, -0.05) is 12.1 Å². The first-order valence-electron chi connectivity index (χ1n) is 8.09. The summed E-state index contributed by atoms with van der Waals surface area (Å²) >= 11 is 0. The van der Waals surface area contributed by atoms with Crippen molar-refractivity contribution in [1.82, 2.24) is 5.32 Å². The van der Waals surface area contributed by atoms with Crippen LogP contribution < -0.4 is 14.8 Å². The molecule has 2 aromatic rings. The maximum Gasteiger partial charge on any atom is 0.573 e. The fraction of sp³-hybridized carbons (Fsp3) is 0.316. The molecule has 0 bridgehead atoms. The zero-order chi connectivity index (χ0) is 20.1. The molecule has 1 amide bonds. The van der Waals surface area contributed by atoms with Crippen LogP contribution in [0.2, 0.25) is 0 Å². The highest BCUT2D eigenvalue weighted by molar-refractivity contribution is 5.94. The van der Waals surface area contributed by atoms with Crippen molar-refractivity contribution in [1.29, 1.82) is 0 Å². The lowest BCUT2D eigenvalue weighted by molar-refractivity contribution is -0.274. The fourth-order valence-corrected chi connectivity index (χ4v) is 2.08. The molecule has 0 unspecified atom stereocenters. The molecule has 0 saturated heterocycles. The second-order valence-electron chi connectivity index (χ2n) is 6.50. The normalized spacial score (nSPS) is 11.8. The Bertz CT molecular complexity index is 756. The quantitative estimate of drug-likeness (QED) is 0.766. The van der Waals surface area contributed by atoms with Gasteiger partial charge >= 0.3 is 6.36 Å². The van der Waals surface area contributed by atoms with Gasteiger partial charge in [0.2, 0.25) is 0 Å². The molecule has 0 atom stereocenters. The number of ether oxygens (including phenoxy) is 2. The molecule has 0 aromatic heterocycles. The van der Waals surface area contributed by atoms with Gasteiger partial charge in [0.25, 0.3) is 5.91 Å². The Balaban J connectivity index is 1.90. The molecular formula is C19H20F3NO4. The van der Waals surface area contributed by atoms with Gasteiger partial charge in [0.1, 0.15) is 18.1 Å². The molecule has 2 rings (SSSR count). The number of aliphatic hydroxyl groups is 1. The minimum atomic E-state index is -4.72. The van der Waals surface area contributed by atoms with E-state index in [0.29, 0.717) is 16.9 Å². The molecule has 0 aliphatic heterocycles. The third-order valence-corrected chi connectivity index (χ3v) is 3.53. The molecule has 27 heavy (non-hydrogen) atoms. The zero-order valence-corrected chi connectivity index (χ0v) is 14.8. The third-order valence-electron chi connectivity index (χ3n) is 3.53. The van der Waals surface area contributed by atoms with Crippen molar-refractivity contribution in [3.8, 4) is 11.5 Å². The maximum absolute atomic E-state index is 12.1. The van der Waals surface area contributed by atoms with E-state index in [4.69, 9.17) is 4.74 Å². The minimum absolute atomic E-state index is 0.148. The second-order valence-corrected chi connectivity index (χ2v) is 6.50. The molecule has 146 valence electrons. The van der Waals surface area contributed by atoms with E-state index in [0.717, 1.165) is 0 Å². The van der Waals surface area contributed by atoms with Crippen LogP contribution in [0, 0.1) is 0 Å². The number of halogens is 3. The number of amides is 1. The van der Waals surface area contributed by atoms with Gasteiger partial charge in [-0.2, -0.15) is 0 Å². The SMILES string of the molecule is CC(C)(CO)NC(=O)c1ccc(OCc2ccc(OC(F)(F)F)cc2)cc1. The van der Waals surface area contributed by atoms with Crippen molar-refractivity contribution in [2.75, 3.05) is 6.61 Å². The molecule has 2 aromatic carbocycles. The minimum Gasteiger partial charge on any atom is -0.489 e. The molecule has 2 N–H and O–H groups in total. The van der Waals surface area contributed by atoms with Crippen LogP contribution in [-0.4, -0.2) is 29.5 Å². The highest BCUT2D eigenvalue weighted by Gasteiger charge is 2.30. The monoisotopic (exact) mass is 383 g/mol. The Labute approximate surface area is 154 Å². The first kappa shape index (κ1) is 20.6. The van der Waals surface area contributed by atoms with Crippen LogP contribution in [0.5, 0.6) is 11.5 Å². The Morgan fingerprint density at radius 2 is 1.56 bits per heavy atom. The lowest BCUT2D eigenvalue weighted by Crippen LogP contribution is -2.46. The number of carbonyl (C=O) groups is 1. The summed E-state index contributed by atoms with van der Waals surface area (Å²) in [6.07, 6.45) is -4.72. The Morgan fingerprint density at radius 1 is 1.00 bits per heavy atom. The van der Waals surface area contributed by atoms with Gasteiger partial charge in [-0.25, -0.2) is 0 Å². The second kappa shape index (κ2) is 8.30. The number of alkyl halides is 3. The van der Waals surface area contributed by atoms with Gasteiger partial charge in [0.15, 0.2) is 0 Å². The van der Waals surface area contributed by atoms with Crippen LogP contribution in [0.3, 0.4) is 0 Å². The number of benzene rings is 2. The summed E-state index contributed by atoms with van der Waals surface area (Å²) in [5, 5.41) is 11.9. The highest BCUT2D eigenvalue weighted by Crippen LogP contribution is 2.23. The summed E-state index contributed by atoms with van der Waals surface area (Å²) in [6.45, 7) is 3.36. The molecule has 0 spiro atoms. The number of carbonyl (C=O) groups excluding carboxylic acids is 1. The van der Waals surface area contributed by atoms with Crippen molar-refractivity contribution < 1.29 is 32.5 Å². The summed E-state index contributed by atoms with van der Waals surface area (Å²) in [6, 6.07) is 11.8. The van der Waals surface area contributed by atoms with Crippen LogP contribution >= 0.6 is 0 Å². The number of rotatable bonds is 7. The van der Waals surface area contributed by atoms with E-state index < -0.39 is 11.9 Å². The number of nitrogens with one attached hydrogen (secondary N) is 1. The number of hydrogen-bond donors (Lipinski definition) is 2. The fourth-order valence-electron chi connectivity index (χ4n) is 2.08. The maximum atomic E-state index is 12.1. The number of aliphatic hydroxyl groups excluding tert-OH is 1. The van der Waals surface area contributed by atoms with Gasteiger partial charge in [-0.05, 0) is 55.8 Å². The van der Waals surface area contributed by atoms with Crippen molar-refractivity contribution in [3.05, 3.63) is 59.7 Å². The third kappa shape index (κ3) is 6.82. The number of hydrogen-bond acceptors (Lipinski definition) is 4. The van der Waals surface area contributed by atoms with E-state index in [-0.39, 0.29) is 24.9 Å². The largest absolute Gasteiger partial charge is 0.573 e. The van der Waals surface area contributed by atoms with Crippen LogP contribution in [-0.2, 0) is 6.61 Å². The van der Waals surface area contributed by atoms with E-state index in [9.17, 15) is 23.1 Å². The zero-order valence-electron chi connectivity index (χ0n) is 14.8. The average molecular weight is 383 g/mol. The van der Waals surface area contributed by atoms with Gasteiger partial charge < -0.3 is 19.9 Å². The Kier molecular flexibility index (Phi) is 6.32. The predicted octanol–water partition coefficient (Wildman–Crippen LogP) is 3.66. The Hall–Kier alpha value is -2.74. The molecule has 0 aliphatic rings. The molecule has 0 fully saturated rings. The van der Waals surface area contributed by atoms with E-state index >= 15 is 0 Å². The van der Waals surface area contributed by atoms with Crippen molar-refractivity contribution in [3.63, 3.8) is 0 Å². The first-order valence-corrected chi connectivity index (χ1v) is 8.09. The smallest absolute Gasteiger partial charge is 0.489 e. The van der Waals surface area contributed by atoms with E-state index in [1.165, 1.54) is 24.3 Å². The Morgan fingerprint density at radius 3 is 2.07 bits per heavy atom. The topological polar surface area (TPSA) is 67.8 Å². The standard InChI is InChI=1S/C19H20F3NO4/c1-18(2,12-24)23-17(25)14-5-9-15(10-6-14)26-11-13-3-7-16(8-4-13)27-19(20,21)22/h3-10,24H,11-12H2,1-2H3,(H,23,25). The van der Waals surface area contributed by atoms with E-state index in [1.807, 2.05) is 0 Å². The summed E-state index contributed by atoms with van der Waals surface area (Å²) in [5.74, 6) is -0.114. The van der Waals surface area contributed by atoms with E-state index in [2.05, 4.69) is 10.1 Å². The average Bonchev–Trinajstić information content (AvgIpc) is 2.60. The molecule has 0 heterocycles. The van der Waals surface area contributed by atoms with Crippen LogP contribution in [0.1, 0.15) is 29.8 Å². The molecule has 0 saturated carbocycles. The summed E-state index contributed by atoms with van der Waals surface area (Å²) in [7, 11) is 0. The van der Waals surface area contributed by atoms with Gasteiger partial charge in [-0.3, -0.25) is 4.79 Å². The predicted molar refractivity (Wildman–Crippen MR) is 92.5 cm³/mol. The van der Waals surface area contributed by atoms with Gasteiger partial charge in [0.05, 0.1) is 12.1 Å². The summed E-state index contributed by atoms with van der Waals surface area (Å²) in [4.78, 5) is 12.1. The molecule has 0 aliphatic carbocycles. The molecule has 5 nitrogen and oxygen atoms in total. The van der Waals surface area contributed by atoms with Gasteiger partial charge in [-0.15, -0.1) is 13.2 Å². The van der Waals surface area contributed by atoms with Gasteiger partial charge in [0, 0.05) is 5.56 Å². The van der Waals surface area contributed by atoms with Crippen LogP contribution in [0.15, 0.2) is 48.5 Å². The molecular weight excluding hydrogens is 363 g/mol. The van der Waals surface area contributed by atoms with Crippen LogP contribution in [0.25, 0.3) is 0 Å². The van der Waals surface area contributed by atoms with Crippen molar-refractivity contribution in [2.45, 2.75) is 32.4 Å². The molecule has 8 heteroatoms. The van der Waals surface area contributed by atoms with Crippen molar-refractivity contribution in [2.24, 2.45) is 0 Å². The molecule has 0 radical (unpaired) electrons. The lowest BCUT2D eigenvalue weighted by atomic mass is 10.1. The first-order chi connectivity index (χ1) is 12.6. The van der Waals surface area contributed by atoms with Crippen molar-refractivity contribution >= 4 is 5.91 Å². The van der Waals surface area contributed by atoms with E-state index in [1.54, 1.807) is 38.1 Å². The van der Waals surface area contributed by atoms with Crippen LogP contribution in [0.4, 0.5) is 13.2 Å². The summed E-state index contributed by atoms with van der Waals surface area (Å²) < 4.78 is 45.7.